The summed E-state index contributed by atoms with van der Waals surface area (Å²) in [5.74, 6) is 0.0401. The lowest BCUT2D eigenvalue weighted by Gasteiger charge is -2.27. The molecule has 1 unspecified atom stereocenters. The Morgan fingerprint density at radius 3 is 2.60 bits per heavy atom. The molecule has 1 aliphatic heterocycles. The van der Waals surface area contributed by atoms with Gasteiger partial charge in [0.1, 0.15) is 11.4 Å². The van der Waals surface area contributed by atoms with Crippen molar-refractivity contribution in [3.8, 4) is 0 Å². The zero-order valence-electron chi connectivity index (χ0n) is 9.54. The second kappa shape index (κ2) is 4.08. The van der Waals surface area contributed by atoms with Crippen LogP contribution in [0.25, 0.3) is 0 Å². The number of carbonyl (C=O) groups excluding carboxylic acids is 1. The molecule has 1 aliphatic rings. The molecular weight excluding hydrogens is 194 g/mol. The van der Waals surface area contributed by atoms with Gasteiger partial charge in [0.25, 0.3) is 0 Å². The Morgan fingerprint density at radius 2 is 2.13 bits per heavy atom. The molecule has 1 amide bonds. The zero-order valence-corrected chi connectivity index (χ0v) is 9.54. The lowest BCUT2D eigenvalue weighted by molar-refractivity contribution is 0.0265. The van der Waals surface area contributed by atoms with Crippen molar-refractivity contribution in [2.45, 2.75) is 45.3 Å². The van der Waals surface area contributed by atoms with Crippen molar-refractivity contribution in [2.75, 3.05) is 6.54 Å². The van der Waals surface area contributed by atoms with E-state index in [1.54, 1.807) is 0 Å². The largest absolute Gasteiger partial charge is 0.444 e. The maximum absolute atomic E-state index is 11.7. The van der Waals surface area contributed by atoms with Crippen molar-refractivity contribution in [2.24, 2.45) is 5.73 Å². The molecule has 1 heterocycles. The van der Waals surface area contributed by atoms with Crippen LogP contribution in [0.3, 0.4) is 0 Å². The first-order valence-corrected chi connectivity index (χ1v) is 5.15. The maximum atomic E-state index is 11.7. The highest BCUT2D eigenvalue weighted by Gasteiger charge is 2.33. The van der Waals surface area contributed by atoms with Crippen molar-refractivity contribution < 1.29 is 9.53 Å². The smallest absolute Gasteiger partial charge is 0.410 e. The number of carbonyl (C=O) groups is 1. The molecule has 0 aliphatic carbocycles. The number of rotatable bonds is 1. The van der Waals surface area contributed by atoms with Gasteiger partial charge in [-0.25, -0.2) is 4.79 Å². The lowest BCUT2D eigenvalue weighted by Crippen LogP contribution is -2.45. The van der Waals surface area contributed by atoms with Gasteiger partial charge < -0.3 is 10.5 Å². The van der Waals surface area contributed by atoms with E-state index in [1.165, 1.54) is 4.90 Å². The molecule has 0 aromatic heterocycles. The average Bonchev–Trinajstić information content (AvgIpc) is 2.47. The molecule has 1 fully saturated rings. The molecule has 5 heteroatoms. The normalized spacial score (nSPS) is 21.5. The third-order valence-corrected chi connectivity index (χ3v) is 2.24. The predicted molar refractivity (Wildman–Crippen MR) is 57.9 cm³/mol. The minimum absolute atomic E-state index is 0.0401. The Balaban J connectivity index is 2.63. The van der Waals surface area contributed by atoms with Crippen LogP contribution in [0.15, 0.2) is 0 Å². The number of likely N-dealkylation sites (tertiary alicyclic amines) is 1. The summed E-state index contributed by atoms with van der Waals surface area (Å²) in [7, 11) is 0. The predicted octanol–water partition coefficient (Wildman–Crippen LogP) is 1.32. The van der Waals surface area contributed by atoms with Gasteiger partial charge in [-0.1, -0.05) is 0 Å². The van der Waals surface area contributed by atoms with Crippen molar-refractivity contribution in [1.82, 2.24) is 4.90 Å². The van der Waals surface area contributed by atoms with Crippen LogP contribution in [0.5, 0.6) is 0 Å². The monoisotopic (exact) mass is 213 g/mol. The number of amidine groups is 1. The maximum Gasteiger partial charge on any atom is 0.410 e. The van der Waals surface area contributed by atoms with E-state index in [0.29, 0.717) is 6.54 Å². The minimum atomic E-state index is -0.499. The summed E-state index contributed by atoms with van der Waals surface area (Å²) in [5.41, 5.74) is 4.92. The van der Waals surface area contributed by atoms with Gasteiger partial charge in [-0.3, -0.25) is 10.3 Å². The van der Waals surface area contributed by atoms with Crippen molar-refractivity contribution in [1.29, 1.82) is 5.41 Å². The van der Waals surface area contributed by atoms with Crippen LogP contribution in [0.4, 0.5) is 4.79 Å². The summed E-state index contributed by atoms with van der Waals surface area (Å²) < 4.78 is 5.24. The first kappa shape index (κ1) is 11.8. The fourth-order valence-electron chi connectivity index (χ4n) is 1.63. The number of ether oxygens (including phenoxy) is 1. The van der Waals surface area contributed by atoms with Crippen LogP contribution in [-0.2, 0) is 4.74 Å². The molecule has 5 nitrogen and oxygen atoms in total. The third kappa shape index (κ3) is 3.11. The number of hydrogen-bond acceptors (Lipinski definition) is 3. The van der Waals surface area contributed by atoms with Crippen LogP contribution in [0, 0.1) is 5.41 Å². The van der Waals surface area contributed by atoms with Gasteiger partial charge in [0, 0.05) is 6.54 Å². The average molecular weight is 213 g/mol. The summed E-state index contributed by atoms with van der Waals surface area (Å²) in [6.45, 7) is 6.09. The van der Waals surface area contributed by atoms with Crippen LogP contribution in [0.1, 0.15) is 33.6 Å². The van der Waals surface area contributed by atoms with Gasteiger partial charge in [-0.15, -0.1) is 0 Å². The molecule has 1 rings (SSSR count). The lowest BCUT2D eigenvalue weighted by atomic mass is 10.2. The van der Waals surface area contributed by atoms with Crippen molar-refractivity contribution in [3.05, 3.63) is 0 Å². The second-order valence-electron chi connectivity index (χ2n) is 4.79. The molecular formula is C10H19N3O2. The van der Waals surface area contributed by atoms with Crippen molar-refractivity contribution >= 4 is 11.9 Å². The standard InChI is InChI=1S/C10H19N3O2/c1-10(2,3)15-9(14)13-6-4-5-7(13)8(11)12/h7H,4-6H2,1-3H3,(H3,11,12). The summed E-state index contributed by atoms with van der Waals surface area (Å²) in [5, 5.41) is 7.37. The first-order valence-electron chi connectivity index (χ1n) is 5.15. The molecule has 86 valence electrons. The SMILES string of the molecule is CC(C)(C)OC(=O)N1CCCC1C(=N)N. The highest BCUT2D eigenvalue weighted by atomic mass is 16.6. The second-order valence-corrected chi connectivity index (χ2v) is 4.79. The number of hydrogen-bond donors (Lipinski definition) is 2. The van der Waals surface area contributed by atoms with E-state index in [-0.39, 0.29) is 18.0 Å². The van der Waals surface area contributed by atoms with Gasteiger partial charge in [-0.05, 0) is 33.6 Å². The van der Waals surface area contributed by atoms with E-state index in [0.717, 1.165) is 12.8 Å². The van der Waals surface area contributed by atoms with E-state index in [1.807, 2.05) is 20.8 Å². The number of nitrogens with one attached hydrogen (secondary N) is 1. The fraction of sp³-hybridized carbons (Fsp3) is 0.800. The molecule has 0 radical (unpaired) electrons. The van der Waals surface area contributed by atoms with E-state index >= 15 is 0 Å². The minimum Gasteiger partial charge on any atom is -0.444 e. The molecule has 1 saturated heterocycles. The van der Waals surface area contributed by atoms with Crippen LogP contribution in [0.2, 0.25) is 0 Å². The van der Waals surface area contributed by atoms with Gasteiger partial charge in [0.2, 0.25) is 0 Å². The summed E-state index contributed by atoms with van der Waals surface area (Å²) in [6.07, 6.45) is 1.26. The Labute approximate surface area is 90.1 Å². The Bertz CT molecular complexity index is 270. The van der Waals surface area contributed by atoms with E-state index in [9.17, 15) is 4.79 Å². The third-order valence-electron chi connectivity index (χ3n) is 2.24. The van der Waals surface area contributed by atoms with Crippen LogP contribution in [-0.4, -0.2) is 35.0 Å². The molecule has 0 aromatic carbocycles. The first-order chi connectivity index (χ1) is 6.81. The highest BCUT2D eigenvalue weighted by Crippen LogP contribution is 2.20. The van der Waals surface area contributed by atoms with Gasteiger partial charge >= 0.3 is 6.09 Å². The molecule has 0 bridgehead atoms. The number of nitrogens with two attached hydrogens (primary N) is 1. The molecule has 0 aromatic rings. The number of nitrogens with zero attached hydrogens (tertiary/aromatic N) is 1. The highest BCUT2D eigenvalue weighted by molar-refractivity contribution is 5.87. The van der Waals surface area contributed by atoms with Crippen molar-refractivity contribution in [3.63, 3.8) is 0 Å². The summed E-state index contributed by atoms with van der Waals surface area (Å²) in [4.78, 5) is 13.3. The topological polar surface area (TPSA) is 79.4 Å². The molecule has 0 saturated carbocycles. The van der Waals surface area contributed by atoms with Gasteiger partial charge in [0.05, 0.1) is 6.04 Å². The molecule has 1 atom stereocenters. The fourth-order valence-corrected chi connectivity index (χ4v) is 1.63. The molecule has 0 spiro atoms. The van der Waals surface area contributed by atoms with E-state index in [4.69, 9.17) is 15.9 Å². The van der Waals surface area contributed by atoms with Crippen LogP contribution < -0.4 is 5.73 Å². The van der Waals surface area contributed by atoms with Crippen LogP contribution >= 0.6 is 0 Å². The summed E-state index contributed by atoms with van der Waals surface area (Å²) in [6, 6.07) is -0.278. The number of amides is 1. The summed E-state index contributed by atoms with van der Waals surface area (Å²) >= 11 is 0. The Morgan fingerprint density at radius 1 is 1.53 bits per heavy atom. The Kier molecular flexibility index (Phi) is 3.21. The zero-order chi connectivity index (χ0) is 11.6. The van der Waals surface area contributed by atoms with Gasteiger partial charge in [0.15, 0.2) is 0 Å². The Hall–Kier alpha value is -1.26. The van der Waals surface area contributed by atoms with E-state index < -0.39 is 5.60 Å². The molecule has 15 heavy (non-hydrogen) atoms. The molecule has 3 N–H and O–H groups in total. The van der Waals surface area contributed by atoms with E-state index in [2.05, 4.69) is 0 Å². The van der Waals surface area contributed by atoms with Gasteiger partial charge in [-0.2, -0.15) is 0 Å². The quantitative estimate of drug-likeness (QED) is 0.509.